The second-order valence-corrected chi connectivity index (χ2v) is 3.57. The van der Waals surface area contributed by atoms with Crippen LogP contribution in [0.3, 0.4) is 0 Å². The lowest BCUT2D eigenvalue weighted by Gasteiger charge is -2.09. The van der Waals surface area contributed by atoms with Gasteiger partial charge in [0.1, 0.15) is 6.04 Å². The number of carbonyl (C=O) groups excluding carboxylic acids is 1. The van der Waals surface area contributed by atoms with E-state index in [0.717, 1.165) is 6.42 Å². The van der Waals surface area contributed by atoms with Gasteiger partial charge in [0.15, 0.2) is 10.8 Å². The van der Waals surface area contributed by atoms with Gasteiger partial charge >= 0.3 is 0 Å². The lowest BCUT2D eigenvalue weighted by atomic mass is 10.2. The van der Waals surface area contributed by atoms with Crippen LogP contribution in [0, 0.1) is 11.3 Å². The molecule has 0 aromatic carbocycles. The zero-order valence-electron chi connectivity index (χ0n) is 8.77. The van der Waals surface area contributed by atoms with Crippen LogP contribution in [0.25, 0.3) is 0 Å². The van der Waals surface area contributed by atoms with E-state index >= 15 is 0 Å². The molecule has 0 radical (unpaired) electrons. The quantitative estimate of drug-likeness (QED) is 0.863. The van der Waals surface area contributed by atoms with Crippen molar-refractivity contribution in [3.05, 3.63) is 23.0 Å². The zero-order valence-corrected chi connectivity index (χ0v) is 9.53. The van der Waals surface area contributed by atoms with Gasteiger partial charge in [0, 0.05) is 0 Å². The van der Waals surface area contributed by atoms with Crippen LogP contribution in [0.5, 0.6) is 0 Å². The molecular formula is C10H11ClN4O. The Morgan fingerprint density at radius 3 is 2.88 bits per heavy atom. The summed E-state index contributed by atoms with van der Waals surface area (Å²) in [6.45, 7) is 1.94. The van der Waals surface area contributed by atoms with Crippen LogP contribution in [-0.2, 0) is 0 Å². The number of aromatic nitrogens is 2. The minimum atomic E-state index is -0.491. The van der Waals surface area contributed by atoms with E-state index in [9.17, 15) is 4.79 Å². The smallest absolute Gasteiger partial charge is 0.272 e. The van der Waals surface area contributed by atoms with Gasteiger partial charge in [-0.15, -0.1) is 10.2 Å². The van der Waals surface area contributed by atoms with Gasteiger partial charge in [-0.3, -0.25) is 4.79 Å². The highest BCUT2D eigenvalue weighted by Crippen LogP contribution is 2.03. The van der Waals surface area contributed by atoms with Gasteiger partial charge in [-0.1, -0.05) is 24.9 Å². The summed E-state index contributed by atoms with van der Waals surface area (Å²) < 4.78 is 0. The van der Waals surface area contributed by atoms with E-state index in [1.54, 1.807) is 0 Å². The van der Waals surface area contributed by atoms with Crippen molar-refractivity contribution in [1.29, 1.82) is 5.26 Å². The van der Waals surface area contributed by atoms with E-state index in [1.165, 1.54) is 12.1 Å². The van der Waals surface area contributed by atoms with Crippen molar-refractivity contribution < 1.29 is 4.79 Å². The molecule has 0 aliphatic rings. The first-order chi connectivity index (χ1) is 7.67. The molecule has 6 heteroatoms. The number of nitrogens with zero attached hydrogens (tertiary/aromatic N) is 3. The molecule has 84 valence electrons. The minimum absolute atomic E-state index is 0.153. The van der Waals surface area contributed by atoms with Gasteiger partial charge in [0.05, 0.1) is 6.07 Å². The maximum atomic E-state index is 11.6. The molecule has 0 aliphatic heterocycles. The fourth-order valence-corrected chi connectivity index (χ4v) is 1.23. The summed E-state index contributed by atoms with van der Waals surface area (Å²) in [6.07, 6.45) is 1.44. The second-order valence-electron chi connectivity index (χ2n) is 3.19. The number of hydrogen-bond donors (Lipinski definition) is 1. The van der Waals surface area contributed by atoms with E-state index in [-0.39, 0.29) is 10.8 Å². The fourth-order valence-electron chi connectivity index (χ4n) is 1.13. The fraction of sp³-hybridized carbons (Fsp3) is 0.400. The van der Waals surface area contributed by atoms with E-state index in [0.29, 0.717) is 6.42 Å². The standard InChI is InChI=1S/C10H11ClN4O/c1-2-3-7(6-12)13-10(16)8-4-5-9(11)15-14-8/h4-5,7H,2-3H2,1H3,(H,13,16). The summed E-state index contributed by atoms with van der Waals surface area (Å²) in [5, 5.41) is 18.7. The number of halogens is 1. The third kappa shape index (κ3) is 3.48. The van der Waals surface area contributed by atoms with Gasteiger partial charge in [0.25, 0.3) is 5.91 Å². The molecule has 1 N–H and O–H groups in total. The molecule has 5 nitrogen and oxygen atoms in total. The molecular weight excluding hydrogens is 228 g/mol. The van der Waals surface area contributed by atoms with Crippen LogP contribution in [0.2, 0.25) is 5.15 Å². The van der Waals surface area contributed by atoms with Crippen LogP contribution >= 0.6 is 11.6 Å². The van der Waals surface area contributed by atoms with Crippen molar-refractivity contribution in [3.8, 4) is 6.07 Å². The summed E-state index contributed by atoms with van der Waals surface area (Å²) >= 11 is 5.54. The first-order valence-corrected chi connectivity index (χ1v) is 5.25. The van der Waals surface area contributed by atoms with Crippen molar-refractivity contribution >= 4 is 17.5 Å². The number of rotatable bonds is 4. The molecule has 1 unspecified atom stereocenters. The first-order valence-electron chi connectivity index (χ1n) is 4.87. The van der Waals surface area contributed by atoms with Crippen LogP contribution in [0.1, 0.15) is 30.3 Å². The Kier molecular flexibility index (Phi) is 4.67. The molecule has 16 heavy (non-hydrogen) atoms. The Labute approximate surface area is 98.4 Å². The highest BCUT2D eigenvalue weighted by Gasteiger charge is 2.13. The number of hydrogen-bond acceptors (Lipinski definition) is 4. The van der Waals surface area contributed by atoms with Crippen LogP contribution in [0.15, 0.2) is 12.1 Å². The molecule has 0 saturated carbocycles. The van der Waals surface area contributed by atoms with Crippen molar-refractivity contribution in [2.24, 2.45) is 0 Å². The maximum absolute atomic E-state index is 11.6. The molecule has 1 rings (SSSR count). The number of carbonyl (C=O) groups is 1. The molecule has 1 atom stereocenters. The van der Waals surface area contributed by atoms with E-state index in [1.807, 2.05) is 13.0 Å². The monoisotopic (exact) mass is 238 g/mol. The Morgan fingerprint density at radius 2 is 2.38 bits per heavy atom. The third-order valence-corrected chi connectivity index (χ3v) is 2.10. The van der Waals surface area contributed by atoms with Crippen molar-refractivity contribution in [1.82, 2.24) is 15.5 Å². The highest BCUT2D eigenvalue weighted by molar-refractivity contribution is 6.29. The Bertz CT molecular complexity index is 398. The lowest BCUT2D eigenvalue weighted by molar-refractivity contribution is 0.0938. The predicted molar refractivity (Wildman–Crippen MR) is 58.8 cm³/mol. The van der Waals surface area contributed by atoms with Gasteiger partial charge in [-0.25, -0.2) is 0 Å². The van der Waals surface area contributed by atoms with Crippen LogP contribution < -0.4 is 5.32 Å². The summed E-state index contributed by atoms with van der Waals surface area (Å²) in [6, 6.07) is 4.46. The SMILES string of the molecule is CCCC(C#N)NC(=O)c1ccc(Cl)nn1. The van der Waals surface area contributed by atoms with Crippen LogP contribution in [0.4, 0.5) is 0 Å². The van der Waals surface area contributed by atoms with Crippen molar-refractivity contribution in [2.45, 2.75) is 25.8 Å². The molecule has 1 aromatic rings. The summed E-state index contributed by atoms with van der Waals surface area (Å²) in [4.78, 5) is 11.6. The molecule has 1 heterocycles. The summed E-state index contributed by atoms with van der Waals surface area (Å²) in [7, 11) is 0. The summed E-state index contributed by atoms with van der Waals surface area (Å²) in [5.74, 6) is -0.413. The molecule has 0 aliphatic carbocycles. The van der Waals surface area contributed by atoms with Gasteiger partial charge in [-0.05, 0) is 18.6 Å². The average molecular weight is 239 g/mol. The molecule has 0 fully saturated rings. The Hall–Kier alpha value is -1.67. The van der Waals surface area contributed by atoms with Gasteiger partial charge in [-0.2, -0.15) is 5.26 Å². The average Bonchev–Trinajstić information content (AvgIpc) is 2.29. The van der Waals surface area contributed by atoms with E-state index in [4.69, 9.17) is 16.9 Å². The highest BCUT2D eigenvalue weighted by atomic mass is 35.5. The second kappa shape index (κ2) is 6.03. The molecule has 0 spiro atoms. The van der Waals surface area contributed by atoms with Crippen LogP contribution in [-0.4, -0.2) is 22.1 Å². The topological polar surface area (TPSA) is 78.7 Å². The largest absolute Gasteiger partial charge is 0.335 e. The molecule has 0 saturated heterocycles. The van der Waals surface area contributed by atoms with Gasteiger partial charge in [0.2, 0.25) is 0 Å². The molecule has 1 aromatic heterocycles. The van der Waals surface area contributed by atoms with Crippen molar-refractivity contribution in [3.63, 3.8) is 0 Å². The number of amides is 1. The van der Waals surface area contributed by atoms with E-state index < -0.39 is 11.9 Å². The first kappa shape index (κ1) is 12.4. The van der Waals surface area contributed by atoms with E-state index in [2.05, 4.69) is 15.5 Å². The lowest BCUT2D eigenvalue weighted by Crippen LogP contribution is -2.34. The molecule has 1 amide bonds. The predicted octanol–water partition coefficient (Wildman–Crippen LogP) is 1.55. The zero-order chi connectivity index (χ0) is 12.0. The van der Waals surface area contributed by atoms with Crippen molar-refractivity contribution in [2.75, 3.05) is 0 Å². The Balaban J connectivity index is 2.65. The Morgan fingerprint density at radius 1 is 1.62 bits per heavy atom. The third-order valence-electron chi connectivity index (χ3n) is 1.90. The maximum Gasteiger partial charge on any atom is 0.272 e. The minimum Gasteiger partial charge on any atom is -0.335 e. The summed E-state index contributed by atoms with van der Waals surface area (Å²) in [5.41, 5.74) is 0.153. The molecule has 0 bridgehead atoms. The number of nitrogens with one attached hydrogen (secondary N) is 1. The normalized spacial score (nSPS) is 11.6. The number of nitriles is 1. The van der Waals surface area contributed by atoms with Gasteiger partial charge < -0.3 is 5.32 Å².